The standard InChI is InChI=1S/C25H18ClNO2/c26-19-9-7-17-8-11-20(27-23(17)14-19)10-5-16-6-12-24-22(13-16)25(28)21-4-2-1-3-18(21)15-29-24/h1-14,25,28H,15H2. The van der Waals surface area contributed by atoms with Crippen molar-refractivity contribution in [3.8, 4) is 5.75 Å². The van der Waals surface area contributed by atoms with Crippen molar-refractivity contribution in [1.29, 1.82) is 0 Å². The number of hydrogen-bond acceptors (Lipinski definition) is 3. The Morgan fingerprint density at radius 2 is 1.79 bits per heavy atom. The summed E-state index contributed by atoms with van der Waals surface area (Å²) in [5.74, 6) is 0.712. The molecule has 4 aromatic rings. The van der Waals surface area contributed by atoms with Gasteiger partial charge in [0.15, 0.2) is 0 Å². The minimum absolute atomic E-state index is 0.457. The number of aliphatic hydroxyl groups excluding tert-OH is 1. The van der Waals surface area contributed by atoms with Gasteiger partial charge >= 0.3 is 0 Å². The molecule has 1 aliphatic heterocycles. The fourth-order valence-corrected chi connectivity index (χ4v) is 3.82. The summed E-state index contributed by atoms with van der Waals surface area (Å²) >= 11 is 6.08. The van der Waals surface area contributed by atoms with E-state index in [2.05, 4.69) is 4.98 Å². The Bertz CT molecular complexity index is 1250. The number of nitrogens with zero attached hydrogens (tertiary/aromatic N) is 1. The molecular weight excluding hydrogens is 382 g/mol. The summed E-state index contributed by atoms with van der Waals surface area (Å²) in [5.41, 5.74) is 5.35. The van der Waals surface area contributed by atoms with Crippen LogP contribution in [-0.2, 0) is 6.61 Å². The van der Waals surface area contributed by atoms with Crippen molar-refractivity contribution in [3.05, 3.63) is 106 Å². The SMILES string of the molecule is OC1c2ccccc2COc2ccc(C=Cc3ccc4ccc(Cl)cc4n3)cc21. The lowest BCUT2D eigenvalue weighted by Crippen LogP contribution is -2.01. The molecular formula is C25H18ClNO2. The Morgan fingerprint density at radius 3 is 2.72 bits per heavy atom. The minimum atomic E-state index is -0.710. The maximum Gasteiger partial charge on any atom is 0.126 e. The van der Waals surface area contributed by atoms with Gasteiger partial charge in [-0.05, 0) is 53.1 Å². The van der Waals surface area contributed by atoms with E-state index in [1.807, 2.05) is 84.9 Å². The van der Waals surface area contributed by atoms with Crippen molar-refractivity contribution in [2.45, 2.75) is 12.7 Å². The Kier molecular flexibility index (Phi) is 4.55. The molecule has 0 amide bonds. The van der Waals surface area contributed by atoms with Crippen LogP contribution in [0.2, 0.25) is 5.02 Å². The van der Waals surface area contributed by atoms with E-state index in [1.54, 1.807) is 0 Å². The number of ether oxygens (including phenoxy) is 1. The molecule has 0 saturated heterocycles. The first-order chi connectivity index (χ1) is 14.2. The Hall–Kier alpha value is -3.14. The van der Waals surface area contributed by atoms with Crippen molar-refractivity contribution in [2.75, 3.05) is 0 Å². The molecule has 0 bridgehead atoms. The molecule has 1 unspecified atom stereocenters. The molecule has 0 spiro atoms. The third-order valence-electron chi connectivity index (χ3n) is 5.18. The van der Waals surface area contributed by atoms with Crippen LogP contribution in [0.5, 0.6) is 5.75 Å². The van der Waals surface area contributed by atoms with Gasteiger partial charge in [-0.25, -0.2) is 4.98 Å². The zero-order chi connectivity index (χ0) is 19.8. The number of halogens is 1. The molecule has 0 saturated carbocycles. The largest absolute Gasteiger partial charge is 0.488 e. The predicted molar refractivity (Wildman–Crippen MR) is 117 cm³/mol. The number of aromatic nitrogens is 1. The van der Waals surface area contributed by atoms with Crippen LogP contribution >= 0.6 is 11.6 Å². The summed E-state index contributed by atoms with van der Waals surface area (Å²) in [7, 11) is 0. The first-order valence-electron chi connectivity index (χ1n) is 9.44. The molecule has 2 heterocycles. The summed E-state index contributed by atoms with van der Waals surface area (Å²) in [4.78, 5) is 4.65. The monoisotopic (exact) mass is 399 g/mol. The zero-order valence-electron chi connectivity index (χ0n) is 15.5. The van der Waals surface area contributed by atoms with Crippen molar-refractivity contribution < 1.29 is 9.84 Å². The lowest BCUT2D eigenvalue weighted by molar-refractivity contribution is 0.218. The Morgan fingerprint density at radius 1 is 0.931 bits per heavy atom. The van der Waals surface area contributed by atoms with Gasteiger partial charge in [-0.1, -0.05) is 60.1 Å². The predicted octanol–water partition coefficient (Wildman–Crippen LogP) is 6.03. The molecule has 29 heavy (non-hydrogen) atoms. The maximum atomic E-state index is 10.9. The molecule has 1 atom stereocenters. The second kappa shape index (κ2) is 7.36. The molecule has 1 aliphatic rings. The van der Waals surface area contributed by atoms with Crippen molar-refractivity contribution in [2.24, 2.45) is 0 Å². The highest BCUT2D eigenvalue weighted by Crippen LogP contribution is 2.36. The fourth-order valence-electron chi connectivity index (χ4n) is 3.65. The van der Waals surface area contributed by atoms with E-state index in [0.717, 1.165) is 38.9 Å². The summed E-state index contributed by atoms with van der Waals surface area (Å²) in [5, 5.41) is 12.6. The highest BCUT2D eigenvalue weighted by molar-refractivity contribution is 6.31. The number of benzene rings is 3. The summed E-state index contributed by atoms with van der Waals surface area (Å²) in [6, 6.07) is 23.4. The number of pyridine rings is 1. The highest BCUT2D eigenvalue weighted by atomic mass is 35.5. The third kappa shape index (κ3) is 3.51. The van der Waals surface area contributed by atoms with Crippen LogP contribution in [0, 0.1) is 0 Å². The van der Waals surface area contributed by atoms with Gasteiger partial charge in [0, 0.05) is 16.0 Å². The van der Waals surface area contributed by atoms with Crippen molar-refractivity contribution in [3.63, 3.8) is 0 Å². The van der Waals surface area contributed by atoms with E-state index in [4.69, 9.17) is 16.3 Å². The zero-order valence-corrected chi connectivity index (χ0v) is 16.3. The number of aliphatic hydroxyl groups is 1. The average Bonchev–Trinajstić information content (AvgIpc) is 2.89. The summed E-state index contributed by atoms with van der Waals surface area (Å²) in [6.45, 7) is 0.457. The second-order valence-electron chi connectivity index (χ2n) is 7.09. The van der Waals surface area contributed by atoms with E-state index >= 15 is 0 Å². The van der Waals surface area contributed by atoms with Gasteiger partial charge in [0.25, 0.3) is 0 Å². The van der Waals surface area contributed by atoms with Gasteiger partial charge in [0.1, 0.15) is 18.5 Å². The maximum absolute atomic E-state index is 10.9. The van der Waals surface area contributed by atoms with E-state index in [0.29, 0.717) is 17.4 Å². The van der Waals surface area contributed by atoms with E-state index < -0.39 is 6.10 Å². The van der Waals surface area contributed by atoms with Crippen LogP contribution in [0.3, 0.4) is 0 Å². The van der Waals surface area contributed by atoms with Crippen LogP contribution < -0.4 is 4.74 Å². The van der Waals surface area contributed by atoms with Crippen molar-refractivity contribution in [1.82, 2.24) is 4.98 Å². The average molecular weight is 400 g/mol. The molecule has 3 aromatic carbocycles. The molecule has 3 nitrogen and oxygen atoms in total. The van der Waals surface area contributed by atoms with Gasteiger partial charge in [0.05, 0.1) is 11.2 Å². The van der Waals surface area contributed by atoms with Crippen molar-refractivity contribution >= 4 is 34.7 Å². The second-order valence-corrected chi connectivity index (χ2v) is 7.53. The molecule has 0 radical (unpaired) electrons. The lowest BCUT2D eigenvalue weighted by Gasteiger charge is -2.13. The van der Waals surface area contributed by atoms with E-state index in [-0.39, 0.29) is 0 Å². The molecule has 1 aromatic heterocycles. The smallest absolute Gasteiger partial charge is 0.126 e. The number of rotatable bonds is 2. The molecule has 0 aliphatic carbocycles. The van der Waals surface area contributed by atoms with Crippen LogP contribution in [0.15, 0.2) is 72.8 Å². The van der Waals surface area contributed by atoms with Gasteiger partial charge in [0.2, 0.25) is 0 Å². The lowest BCUT2D eigenvalue weighted by atomic mass is 9.96. The Labute approximate surface area is 173 Å². The van der Waals surface area contributed by atoms with Crippen LogP contribution in [0.25, 0.3) is 23.1 Å². The normalized spacial score (nSPS) is 15.6. The van der Waals surface area contributed by atoms with Gasteiger partial charge in [-0.2, -0.15) is 0 Å². The minimum Gasteiger partial charge on any atom is -0.488 e. The quantitative estimate of drug-likeness (QED) is 0.447. The summed E-state index contributed by atoms with van der Waals surface area (Å²) in [6.07, 6.45) is 3.24. The molecule has 5 rings (SSSR count). The van der Waals surface area contributed by atoms with Gasteiger partial charge in [-0.15, -0.1) is 0 Å². The fraction of sp³-hybridized carbons (Fsp3) is 0.0800. The van der Waals surface area contributed by atoms with E-state index in [9.17, 15) is 5.11 Å². The molecule has 142 valence electrons. The topological polar surface area (TPSA) is 42.4 Å². The number of hydrogen-bond donors (Lipinski definition) is 1. The first kappa shape index (κ1) is 17.9. The summed E-state index contributed by atoms with van der Waals surface area (Å²) < 4.78 is 5.91. The van der Waals surface area contributed by atoms with Gasteiger partial charge < -0.3 is 9.84 Å². The first-order valence-corrected chi connectivity index (χ1v) is 9.82. The molecule has 1 N–H and O–H groups in total. The molecule has 0 fully saturated rings. The Balaban J connectivity index is 1.48. The third-order valence-corrected chi connectivity index (χ3v) is 5.42. The van der Waals surface area contributed by atoms with Gasteiger partial charge in [-0.3, -0.25) is 0 Å². The van der Waals surface area contributed by atoms with Crippen LogP contribution in [0.1, 0.15) is 34.1 Å². The van der Waals surface area contributed by atoms with Crippen LogP contribution in [-0.4, -0.2) is 10.1 Å². The van der Waals surface area contributed by atoms with E-state index in [1.165, 1.54) is 0 Å². The highest BCUT2D eigenvalue weighted by Gasteiger charge is 2.22. The van der Waals surface area contributed by atoms with Crippen LogP contribution in [0.4, 0.5) is 0 Å². The number of fused-ring (bicyclic) bond motifs is 3. The molecule has 4 heteroatoms.